The molecule has 1 N–H and O–H groups in total. The minimum absolute atomic E-state index is 0.0472. The van der Waals surface area contributed by atoms with Gasteiger partial charge in [0.15, 0.2) is 0 Å². The van der Waals surface area contributed by atoms with Crippen LogP contribution < -0.4 is 15.0 Å². The molecular formula is C25H23ClN2O3. The number of halogens is 1. The molecule has 31 heavy (non-hydrogen) atoms. The Morgan fingerprint density at radius 2 is 1.84 bits per heavy atom. The van der Waals surface area contributed by atoms with Crippen LogP contribution in [0.2, 0.25) is 5.02 Å². The Balaban J connectivity index is 1.52. The van der Waals surface area contributed by atoms with Crippen molar-refractivity contribution in [3.8, 4) is 5.75 Å². The Kier molecular flexibility index (Phi) is 5.96. The molecule has 1 aliphatic heterocycles. The molecule has 0 aliphatic carbocycles. The summed E-state index contributed by atoms with van der Waals surface area (Å²) in [5.74, 6) is 0.473. The normalized spacial score (nSPS) is 14.8. The number of fused-ring (bicyclic) bond motifs is 1. The van der Waals surface area contributed by atoms with Crippen molar-refractivity contribution in [3.05, 3.63) is 94.0 Å². The lowest BCUT2D eigenvalue weighted by atomic mass is 10.1. The maximum Gasteiger partial charge on any atom is 0.258 e. The van der Waals surface area contributed by atoms with E-state index < -0.39 is 0 Å². The van der Waals surface area contributed by atoms with E-state index in [2.05, 4.69) is 5.32 Å². The lowest BCUT2D eigenvalue weighted by Gasteiger charge is -2.23. The Labute approximate surface area is 186 Å². The van der Waals surface area contributed by atoms with Crippen molar-refractivity contribution >= 4 is 29.1 Å². The van der Waals surface area contributed by atoms with Crippen LogP contribution in [-0.4, -0.2) is 25.0 Å². The van der Waals surface area contributed by atoms with Crippen molar-refractivity contribution in [3.63, 3.8) is 0 Å². The van der Waals surface area contributed by atoms with Gasteiger partial charge in [-0.1, -0.05) is 29.8 Å². The first-order chi connectivity index (χ1) is 15.0. The molecule has 1 aliphatic rings. The highest BCUT2D eigenvalue weighted by molar-refractivity contribution is 6.30. The van der Waals surface area contributed by atoms with Crippen LogP contribution in [0.5, 0.6) is 5.75 Å². The second-order valence-electron chi connectivity index (χ2n) is 7.61. The van der Waals surface area contributed by atoms with Gasteiger partial charge in [-0.2, -0.15) is 0 Å². The molecular weight excluding hydrogens is 412 g/mol. The zero-order valence-corrected chi connectivity index (χ0v) is 18.1. The molecule has 0 saturated heterocycles. The first kappa shape index (κ1) is 20.9. The van der Waals surface area contributed by atoms with Crippen LogP contribution in [0.4, 0.5) is 5.69 Å². The number of nitrogens with one attached hydrogen (secondary N) is 1. The van der Waals surface area contributed by atoms with E-state index >= 15 is 0 Å². The molecule has 1 atom stereocenters. The minimum Gasteiger partial charge on any atom is -0.497 e. The maximum absolute atomic E-state index is 13.2. The third kappa shape index (κ3) is 4.42. The predicted molar refractivity (Wildman–Crippen MR) is 122 cm³/mol. The first-order valence-electron chi connectivity index (χ1n) is 10.1. The van der Waals surface area contributed by atoms with Gasteiger partial charge in [0.05, 0.1) is 7.11 Å². The third-order valence-corrected chi connectivity index (χ3v) is 5.70. The average Bonchev–Trinajstić information content (AvgIpc) is 3.12. The van der Waals surface area contributed by atoms with Gasteiger partial charge < -0.3 is 15.0 Å². The van der Waals surface area contributed by atoms with Gasteiger partial charge >= 0.3 is 0 Å². The summed E-state index contributed by atoms with van der Waals surface area (Å²) < 4.78 is 5.19. The number of carbonyl (C=O) groups is 2. The molecule has 3 aromatic carbocycles. The molecule has 4 rings (SSSR count). The van der Waals surface area contributed by atoms with Gasteiger partial charge in [-0.25, -0.2) is 0 Å². The summed E-state index contributed by atoms with van der Waals surface area (Å²) in [5, 5.41) is 3.44. The highest BCUT2D eigenvalue weighted by Gasteiger charge is 2.31. The molecule has 0 radical (unpaired) electrons. The molecule has 2 amide bonds. The molecule has 158 valence electrons. The molecule has 0 spiro atoms. The molecule has 0 fully saturated rings. The van der Waals surface area contributed by atoms with Crippen LogP contribution in [0, 0.1) is 0 Å². The maximum atomic E-state index is 13.2. The van der Waals surface area contributed by atoms with Crippen molar-refractivity contribution in [2.45, 2.75) is 25.9 Å². The number of ether oxygens (including phenoxy) is 1. The number of anilines is 1. The molecule has 0 bridgehead atoms. The molecule has 0 unspecified atom stereocenters. The van der Waals surface area contributed by atoms with Gasteiger partial charge in [-0.3, -0.25) is 9.59 Å². The predicted octanol–water partition coefficient (Wildman–Crippen LogP) is 4.87. The number of methoxy groups -OCH3 is 1. The van der Waals surface area contributed by atoms with Gasteiger partial charge in [0.2, 0.25) is 0 Å². The van der Waals surface area contributed by atoms with Gasteiger partial charge in [0.1, 0.15) is 5.75 Å². The molecule has 1 heterocycles. The van der Waals surface area contributed by atoms with Crippen molar-refractivity contribution in [2.24, 2.45) is 0 Å². The molecule has 6 heteroatoms. The quantitative estimate of drug-likeness (QED) is 0.623. The fourth-order valence-electron chi connectivity index (χ4n) is 3.86. The van der Waals surface area contributed by atoms with Crippen LogP contribution in [0.15, 0.2) is 66.7 Å². The van der Waals surface area contributed by atoms with Gasteiger partial charge in [-0.05, 0) is 73.0 Å². The number of hydrogen-bond donors (Lipinski definition) is 1. The van der Waals surface area contributed by atoms with E-state index in [0.29, 0.717) is 28.4 Å². The lowest BCUT2D eigenvalue weighted by Crippen LogP contribution is -2.35. The highest BCUT2D eigenvalue weighted by atomic mass is 35.5. The molecule has 0 aromatic heterocycles. The standard InChI is InChI=1S/C25H23ClN2O3/c1-16-12-19-7-6-17(15-27-24(29)20-4-3-5-21(26)14-20)13-23(19)28(16)25(30)18-8-10-22(31-2)11-9-18/h3-11,13-14,16H,12,15H2,1-2H3,(H,27,29)/t16-/m0/s1. The van der Waals surface area contributed by atoms with Crippen LogP contribution >= 0.6 is 11.6 Å². The van der Waals surface area contributed by atoms with Crippen LogP contribution in [-0.2, 0) is 13.0 Å². The van der Waals surface area contributed by atoms with Gasteiger partial charge in [0.25, 0.3) is 11.8 Å². The summed E-state index contributed by atoms with van der Waals surface area (Å²) in [6, 6.07) is 20.0. The SMILES string of the molecule is COc1ccc(C(=O)N2c3cc(CNC(=O)c4cccc(Cl)c4)ccc3C[C@@H]2C)cc1. The van der Waals surface area contributed by atoms with E-state index in [9.17, 15) is 9.59 Å². The van der Waals surface area contributed by atoms with E-state index in [1.807, 2.05) is 30.0 Å². The number of nitrogens with zero attached hydrogens (tertiary/aromatic N) is 1. The summed E-state index contributed by atoms with van der Waals surface area (Å²) in [6.45, 7) is 2.40. The number of benzene rings is 3. The molecule has 0 saturated carbocycles. The molecule has 5 nitrogen and oxygen atoms in total. The minimum atomic E-state index is -0.192. The fraction of sp³-hybridized carbons (Fsp3) is 0.200. The summed E-state index contributed by atoms with van der Waals surface area (Å²) in [6.07, 6.45) is 0.798. The van der Waals surface area contributed by atoms with Crippen molar-refractivity contribution in [2.75, 3.05) is 12.0 Å². The van der Waals surface area contributed by atoms with Crippen LogP contribution in [0.3, 0.4) is 0 Å². The average molecular weight is 435 g/mol. The Bertz CT molecular complexity index is 1130. The highest BCUT2D eigenvalue weighted by Crippen LogP contribution is 2.34. The van der Waals surface area contributed by atoms with Crippen LogP contribution in [0.25, 0.3) is 0 Å². The summed E-state index contributed by atoms with van der Waals surface area (Å²) in [7, 11) is 1.60. The zero-order chi connectivity index (χ0) is 22.0. The molecule has 3 aromatic rings. The third-order valence-electron chi connectivity index (χ3n) is 5.46. The summed E-state index contributed by atoms with van der Waals surface area (Å²) in [5.41, 5.74) is 4.07. The zero-order valence-electron chi connectivity index (χ0n) is 17.4. The lowest BCUT2D eigenvalue weighted by molar-refractivity contribution is 0.0948. The second-order valence-corrected chi connectivity index (χ2v) is 8.05. The fourth-order valence-corrected chi connectivity index (χ4v) is 4.05. The van der Waals surface area contributed by atoms with Gasteiger partial charge in [0, 0.05) is 34.4 Å². The van der Waals surface area contributed by atoms with E-state index in [4.69, 9.17) is 16.3 Å². The van der Waals surface area contributed by atoms with E-state index in [-0.39, 0.29) is 17.9 Å². The van der Waals surface area contributed by atoms with Crippen molar-refractivity contribution < 1.29 is 14.3 Å². The monoisotopic (exact) mass is 434 g/mol. The number of hydrogen-bond acceptors (Lipinski definition) is 3. The van der Waals surface area contributed by atoms with E-state index in [1.54, 1.807) is 55.6 Å². The summed E-state index contributed by atoms with van der Waals surface area (Å²) >= 11 is 5.97. The summed E-state index contributed by atoms with van der Waals surface area (Å²) in [4.78, 5) is 27.5. The Morgan fingerprint density at radius 3 is 2.55 bits per heavy atom. The Morgan fingerprint density at radius 1 is 1.06 bits per heavy atom. The number of carbonyl (C=O) groups excluding carboxylic acids is 2. The number of rotatable bonds is 5. The van der Waals surface area contributed by atoms with Crippen molar-refractivity contribution in [1.82, 2.24) is 5.32 Å². The van der Waals surface area contributed by atoms with Crippen LogP contribution in [0.1, 0.15) is 38.8 Å². The van der Waals surface area contributed by atoms with Gasteiger partial charge in [-0.15, -0.1) is 0 Å². The van der Waals surface area contributed by atoms with Crippen molar-refractivity contribution in [1.29, 1.82) is 0 Å². The van der Waals surface area contributed by atoms with E-state index in [0.717, 1.165) is 23.2 Å². The Hall–Kier alpha value is -3.31. The first-order valence-corrected chi connectivity index (χ1v) is 10.5. The number of amides is 2. The topological polar surface area (TPSA) is 58.6 Å². The largest absolute Gasteiger partial charge is 0.497 e. The van der Waals surface area contributed by atoms with E-state index in [1.165, 1.54) is 0 Å². The smallest absolute Gasteiger partial charge is 0.258 e. The second kappa shape index (κ2) is 8.82.